The van der Waals surface area contributed by atoms with Gasteiger partial charge in [0, 0.05) is 29.0 Å². The van der Waals surface area contributed by atoms with Crippen molar-refractivity contribution in [2.45, 2.75) is 13.3 Å². The molecule has 0 unspecified atom stereocenters. The molecule has 1 N–H and O–H groups in total. The quantitative estimate of drug-likeness (QED) is 0.524. The minimum atomic E-state index is -0.424. The van der Waals surface area contributed by atoms with Gasteiger partial charge in [-0.05, 0) is 49.4 Å². The lowest BCUT2D eigenvalue weighted by atomic mass is 10.2. The van der Waals surface area contributed by atoms with Gasteiger partial charge in [-0.15, -0.1) is 5.10 Å². The van der Waals surface area contributed by atoms with Crippen molar-refractivity contribution in [1.82, 2.24) is 19.9 Å². The summed E-state index contributed by atoms with van der Waals surface area (Å²) in [6.45, 7) is 2.44. The fourth-order valence-corrected chi connectivity index (χ4v) is 4.06. The molecule has 0 bridgehead atoms. The second kappa shape index (κ2) is 8.00. The normalized spacial score (nSPS) is 11.0. The minimum Gasteiger partial charge on any atom is -0.497 e. The molecule has 1 amide bonds. The molecule has 0 radical (unpaired) electrons. The monoisotopic (exact) mass is 410 g/mol. The SMILES string of the molecule is COc1ccc(-c2nc3sc(CCNC(=O)c4cccc(F)c4)c(C)n3n2)cc1. The predicted molar refractivity (Wildman–Crippen MR) is 110 cm³/mol. The largest absolute Gasteiger partial charge is 0.497 e. The summed E-state index contributed by atoms with van der Waals surface area (Å²) in [6, 6.07) is 13.3. The Kier molecular flexibility index (Phi) is 5.26. The van der Waals surface area contributed by atoms with Crippen LogP contribution in [0.25, 0.3) is 16.3 Å². The smallest absolute Gasteiger partial charge is 0.251 e. The lowest BCUT2D eigenvalue weighted by Crippen LogP contribution is -2.25. The fourth-order valence-electron chi connectivity index (χ4n) is 3.00. The number of carbonyl (C=O) groups excluding carboxylic acids is 1. The Morgan fingerprint density at radius 3 is 2.72 bits per heavy atom. The molecule has 2 heterocycles. The highest BCUT2D eigenvalue weighted by atomic mass is 32.1. The van der Waals surface area contributed by atoms with E-state index in [2.05, 4.69) is 15.4 Å². The lowest BCUT2D eigenvalue weighted by Gasteiger charge is -2.05. The number of amides is 1. The number of rotatable bonds is 6. The van der Waals surface area contributed by atoms with Gasteiger partial charge in [-0.1, -0.05) is 17.4 Å². The van der Waals surface area contributed by atoms with Gasteiger partial charge < -0.3 is 10.1 Å². The van der Waals surface area contributed by atoms with E-state index in [0.717, 1.165) is 26.8 Å². The van der Waals surface area contributed by atoms with E-state index < -0.39 is 5.82 Å². The molecule has 0 saturated carbocycles. The van der Waals surface area contributed by atoms with Crippen molar-refractivity contribution in [1.29, 1.82) is 0 Å². The van der Waals surface area contributed by atoms with Gasteiger partial charge in [-0.3, -0.25) is 4.79 Å². The Bertz CT molecular complexity index is 1170. The van der Waals surface area contributed by atoms with E-state index in [9.17, 15) is 9.18 Å². The summed E-state index contributed by atoms with van der Waals surface area (Å²) in [5, 5.41) is 7.43. The van der Waals surface area contributed by atoms with Crippen LogP contribution in [0.5, 0.6) is 5.75 Å². The van der Waals surface area contributed by atoms with Crippen molar-refractivity contribution in [2.75, 3.05) is 13.7 Å². The molecule has 4 rings (SSSR count). The van der Waals surface area contributed by atoms with Gasteiger partial charge in [0.1, 0.15) is 11.6 Å². The first-order valence-electron chi connectivity index (χ1n) is 9.08. The highest BCUT2D eigenvalue weighted by Crippen LogP contribution is 2.26. The van der Waals surface area contributed by atoms with Crippen LogP contribution in [0.4, 0.5) is 4.39 Å². The number of aromatic nitrogens is 3. The number of hydrogen-bond acceptors (Lipinski definition) is 5. The third-order valence-electron chi connectivity index (χ3n) is 4.59. The molecule has 8 heteroatoms. The van der Waals surface area contributed by atoms with Crippen molar-refractivity contribution >= 4 is 22.2 Å². The zero-order valence-electron chi connectivity index (χ0n) is 16.0. The van der Waals surface area contributed by atoms with Crippen molar-refractivity contribution < 1.29 is 13.9 Å². The maximum absolute atomic E-state index is 13.2. The van der Waals surface area contributed by atoms with Gasteiger partial charge in [0.05, 0.1) is 12.8 Å². The molecule has 6 nitrogen and oxygen atoms in total. The first-order chi connectivity index (χ1) is 14.0. The van der Waals surface area contributed by atoms with Gasteiger partial charge >= 0.3 is 0 Å². The summed E-state index contributed by atoms with van der Waals surface area (Å²) in [5.74, 6) is 0.733. The molecule has 2 aromatic carbocycles. The number of thiazole rings is 1. The summed E-state index contributed by atoms with van der Waals surface area (Å²) in [5.41, 5.74) is 2.23. The maximum atomic E-state index is 13.2. The Hall–Kier alpha value is -3.26. The zero-order chi connectivity index (χ0) is 20.4. The number of aryl methyl sites for hydroxylation is 1. The van der Waals surface area contributed by atoms with Crippen LogP contribution in [0.1, 0.15) is 20.9 Å². The van der Waals surface area contributed by atoms with Crippen LogP contribution in [-0.2, 0) is 6.42 Å². The van der Waals surface area contributed by atoms with Crippen LogP contribution in [0.15, 0.2) is 48.5 Å². The van der Waals surface area contributed by atoms with E-state index in [4.69, 9.17) is 4.74 Å². The van der Waals surface area contributed by atoms with E-state index in [0.29, 0.717) is 24.4 Å². The standard InChI is InChI=1S/C21H19FN4O2S/c1-13-18(10-11-23-20(27)15-4-3-5-16(22)12-15)29-21-24-19(25-26(13)21)14-6-8-17(28-2)9-7-14/h3-9,12H,10-11H2,1-2H3,(H,23,27). The third-order valence-corrected chi connectivity index (χ3v) is 5.78. The van der Waals surface area contributed by atoms with Gasteiger partial charge in [0.25, 0.3) is 5.91 Å². The van der Waals surface area contributed by atoms with Crippen molar-refractivity contribution in [3.63, 3.8) is 0 Å². The predicted octanol–water partition coefficient (Wildman–Crippen LogP) is 3.89. The topological polar surface area (TPSA) is 68.5 Å². The van der Waals surface area contributed by atoms with Crippen LogP contribution in [0, 0.1) is 12.7 Å². The van der Waals surface area contributed by atoms with Gasteiger partial charge in [-0.25, -0.2) is 8.91 Å². The van der Waals surface area contributed by atoms with E-state index in [1.165, 1.54) is 18.2 Å². The van der Waals surface area contributed by atoms with Crippen molar-refractivity contribution in [2.24, 2.45) is 0 Å². The van der Waals surface area contributed by atoms with Gasteiger partial charge in [-0.2, -0.15) is 4.98 Å². The minimum absolute atomic E-state index is 0.289. The molecule has 0 aliphatic carbocycles. The molecule has 0 atom stereocenters. The Balaban J connectivity index is 1.44. The van der Waals surface area contributed by atoms with E-state index in [1.54, 1.807) is 24.5 Å². The number of hydrogen-bond donors (Lipinski definition) is 1. The third kappa shape index (κ3) is 3.97. The van der Waals surface area contributed by atoms with Crippen molar-refractivity contribution in [3.05, 3.63) is 70.5 Å². The molecule has 29 heavy (non-hydrogen) atoms. The first-order valence-corrected chi connectivity index (χ1v) is 9.90. The number of methoxy groups -OCH3 is 1. The second-order valence-corrected chi connectivity index (χ2v) is 7.55. The highest BCUT2D eigenvalue weighted by molar-refractivity contribution is 7.17. The number of fused-ring (bicyclic) bond motifs is 1. The average molecular weight is 410 g/mol. The Morgan fingerprint density at radius 1 is 1.24 bits per heavy atom. The van der Waals surface area contributed by atoms with Crippen LogP contribution in [-0.4, -0.2) is 34.2 Å². The molecule has 0 aliphatic rings. The maximum Gasteiger partial charge on any atom is 0.251 e. The number of nitrogens with one attached hydrogen (secondary N) is 1. The summed E-state index contributed by atoms with van der Waals surface area (Å²) < 4.78 is 20.2. The van der Waals surface area contributed by atoms with Crippen molar-refractivity contribution in [3.8, 4) is 17.1 Å². The number of benzene rings is 2. The zero-order valence-corrected chi connectivity index (χ0v) is 16.8. The van der Waals surface area contributed by atoms with Crippen LogP contribution in [0.3, 0.4) is 0 Å². The van der Waals surface area contributed by atoms with Gasteiger partial charge in [0.2, 0.25) is 4.96 Å². The second-order valence-electron chi connectivity index (χ2n) is 6.49. The average Bonchev–Trinajstić information content (AvgIpc) is 3.27. The molecule has 4 aromatic rings. The number of halogens is 1. The molecular weight excluding hydrogens is 391 g/mol. The molecule has 0 spiro atoms. The molecule has 2 aromatic heterocycles. The molecule has 0 fully saturated rings. The lowest BCUT2D eigenvalue weighted by molar-refractivity contribution is 0.0953. The Labute approximate surface area is 171 Å². The number of ether oxygens (including phenoxy) is 1. The summed E-state index contributed by atoms with van der Waals surface area (Å²) >= 11 is 1.55. The first kappa shape index (κ1) is 19.1. The van der Waals surface area contributed by atoms with Gasteiger partial charge in [0.15, 0.2) is 5.82 Å². The summed E-state index contributed by atoms with van der Waals surface area (Å²) in [7, 11) is 1.63. The number of carbonyl (C=O) groups is 1. The van der Waals surface area contributed by atoms with Crippen LogP contribution >= 0.6 is 11.3 Å². The number of nitrogens with zero attached hydrogens (tertiary/aromatic N) is 3. The van der Waals surface area contributed by atoms with E-state index in [1.807, 2.05) is 35.7 Å². The van der Waals surface area contributed by atoms with Crippen LogP contribution < -0.4 is 10.1 Å². The molecular formula is C21H19FN4O2S. The van der Waals surface area contributed by atoms with E-state index >= 15 is 0 Å². The van der Waals surface area contributed by atoms with E-state index in [-0.39, 0.29) is 5.91 Å². The highest BCUT2D eigenvalue weighted by Gasteiger charge is 2.15. The molecule has 0 saturated heterocycles. The Morgan fingerprint density at radius 2 is 2.03 bits per heavy atom. The summed E-state index contributed by atoms with van der Waals surface area (Å²) in [4.78, 5) is 18.7. The summed E-state index contributed by atoms with van der Waals surface area (Å²) in [6.07, 6.45) is 0.653. The molecule has 0 aliphatic heterocycles. The fraction of sp³-hybridized carbons (Fsp3) is 0.190. The van der Waals surface area contributed by atoms with Crippen LogP contribution in [0.2, 0.25) is 0 Å². The molecule has 148 valence electrons.